The van der Waals surface area contributed by atoms with E-state index in [2.05, 4.69) is 10.2 Å². The van der Waals surface area contributed by atoms with Crippen LogP contribution in [0.3, 0.4) is 0 Å². The molecule has 0 aliphatic carbocycles. The molecule has 7 heteroatoms. The number of hydrogen-bond acceptors (Lipinski definition) is 4. The number of ether oxygens (including phenoxy) is 2. The molecule has 0 saturated carbocycles. The smallest absolute Gasteiger partial charge is 0.277 e. The quantitative estimate of drug-likeness (QED) is 0.409. The van der Waals surface area contributed by atoms with Crippen molar-refractivity contribution in [3.63, 3.8) is 0 Å². The van der Waals surface area contributed by atoms with Crippen molar-refractivity contribution < 1.29 is 14.3 Å². The van der Waals surface area contributed by atoms with Crippen molar-refractivity contribution in [1.82, 2.24) is 10.2 Å². The van der Waals surface area contributed by atoms with Gasteiger partial charge in [0, 0.05) is 21.8 Å². The maximum absolute atomic E-state index is 13.6. The van der Waals surface area contributed by atoms with Gasteiger partial charge in [-0.15, -0.1) is 0 Å². The Morgan fingerprint density at radius 2 is 1.64 bits per heavy atom. The van der Waals surface area contributed by atoms with Gasteiger partial charge in [-0.05, 0) is 48.9 Å². The number of aromatic amines is 1. The minimum absolute atomic E-state index is 0.138. The van der Waals surface area contributed by atoms with Gasteiger partial charge in [-0.25, -0.2) is 0 Å². The van der Waals surface area contributed by atoms with E-state index in [-0.39, 0.29) is 5.91 Å². The fraction of sp³-hybridized carbons (Fsp3) is 0.154. The van der Waals surface area contributed by atoms with E-state index in [1.54, 1.807) is 19.1 Å². The van der Waals surface area contributed by atoms with Crippen molar-refractivity contribution in [3.05, 3.63) is 94.1 Å². The summed E-state index contributed by atoms with van der Waals surface area (Å²) in [6.07, 6.45) is 0. The Labute approximate surface area is 196 Å². The summed E-state index contributed by atoms with van der Waals surface area (Å²) in [7, 11) is 3.20. The van der Waals surface area contributed by atoms with E-state index in [4.69, 9.17) is 21.1 Å². The second-order valence-corrected chi connectivity index (χ2v) is 8.33. The third-order valence-corrected chi connectivity index (χ3v) is 6.17. The van der Waals surface area contributed by atoms with E-state index in [0.717, 1.165) is 27.9 Å². The minimum atomic E-state index is -0.403. The van der Waals surface area contributed by atoms with Gasteiger partial charge in [0.25, 0.3) is 5.91 Å². The van der Waals surface area contributed by atoms with Crippen LogP contribution in [0.1, 0.15) is 33.2 Å². The SMILES string of the molecule is COc1ccc(C2c3c(-c4ccc(Cl)cc4)n[nH]c3C(=O)N2c2ccc(C)cc2)cc1OC. The van der Waals surface area contributed by atoms with Gasteiger partial charge in [0.1, 0.15) is 5.69 Å². The fourth-order valence-corrected chi connectivity index (χ4v) is 4.41. The predicted molar refractivity (Wildman–Crippen MR) is 128 cm³/mol. The molecule has 0 fully saturated rings. The van der Waals surface area contributed by atoms with E-state index in [9.17, 15) is 4.79 Å². The number of fused-ring (bicyclic) bond motifs is 1. The van der Waals surface area contributed by atoms with E-state index >= 15 is 0 Å². The summed E-state index contributed by atoms with van der Waals surface area (Å²) in [6.45, 7) is 2.02. The lowest BCUT2D eigenvalue weighted by molar-refractivity contribution is 0.0988. The number of aryl methyl sites for hydroxylation is 1. The van der Waals surface area contributed by atoms with Crippen LogP contribution >= 0.6 is 11.6 Å². The van der Waals surface area contributed by atoms with Crippen LogP contribution in [0.5, 0.6) is 11.5 Å². The first-order valence-electron chi connectivity index (χ1n) is 10.5. The summed E-state index contributed by atoms with van der Waals surface area (Å²) >= 11 is 6.10. The summed E-state index contributed by atoms with van der Waals surface area (Å²) in [5, 5.41) is 8.13. The predicted octanol–water partition coefficient (Wildman–Crippen LogP) is 5.81. The van der Waals surface area contributed by atoms with Gasteiger partial charge >= 0.3 is 0 Å². The summed E-state index contributed by atoms with van der Waals surface area (Å²) in [6, 6.07) is 20.7. The normalized spacial score (nSPS) is 15.0. The van der Waals surface area contributed by atoms with Gasteiger partial charge in [0.15, 0.2) is 11.5 Å². The van der Waals surface area contributed by atoms with Crippen LogP contribution in [0.15, 0.2) is 66.7 Å². The number of rotatable bonds is 5. The first kappa shape index (κ1) is 21.1. The first-order chi connectivity index (χ1) is 16.0. The molecule has 0 radical (unpaired) electrons. The number of methoxy groups -OCH3 is 2. The summed E-state index contributed by atoms with van der Waals surface area (Å²) in [4.78, 5) is 15.4. The molecule has 1 atom stereocenters. The molecule has 2 heterocycles. The highest BCUT2D eigenvalue weighted by Crippen LogP contribution is 2.46. The van der Waals surface area contributed by atoms with Crippen molar-refractivity contribution in [3.8, 4) is 22.8 Å². The molecule has 33 heavy (non-hydrogen) atoms. The van der Waals surface area contributed by atoms with Crippen LogP contribution in [0.2, 0.25) is 5.02 Å². The molecule has 1 aliphatic rings. The van der Waals surface area contributed by atoms with Gasteiger partial charge < -0.3 is 9.47 Å². The van der Waals surface area contributed by atoms with E-state index in [1.807, 2.05) is 73.7 Å². The zero-order chi connectivity index (χ0) is 23.1. The monoisotopic (exact) mass is 459 g/mol. The van der Waals surface area contributed by atoms with Gasteiger partial charge in [-0.1, -0.05) is 47.5 Å². The van der Waals surface area contributed by atoms with Crippen LogP contribution in [-0.4, -0.2) is 30.3 Å². The summed E-state index contributed by atoms with van der Waals surface area (Å²) < 4.78 is 11.0. The highest BCUT2D eigenvalue weighted by Gasteiger charge is 2.43. The molecule has 166 valence electrons. The average Bonchev–Trinajstić information content (AvgIpc) is 3.39. The molecule has 0 bridgehead atoms. The molecule has 5 rings (SSSR count). The van der Waals surface area contributed by atoms with Gasteiger partial charge in [0.2, 0.25) is 0 Å². The highest BCUT2D eigenvalue weighted by atomic mass is 35.5. The Bertz CT molecular complexity index is 1330. The molecular formula is C26H22ClN3O3. The first-order valence-corrected chi connectivity index (χ1v) is 10.9. The van der Waals surface area contributed by atoms with Crippen LogP contribution in [0, 0.1) is 6.92 Å². The topological polar surface area (TPSA) is 67.5 Å². The lowest BCUT2D eigenvalue weighted by Crippen LogP contribution is -2.29. The Balaban J connectivity index is 1.72. The molecule has 1 aliphatic heterocycles. The van der Waals surface area contributed by atoms with Crippen molar-refractivity contribution in [1.29, 1.82) is 0 Å². The number of halogens is 1. The lowest BCUT2D eigenvalue weighted by Gasteiger charge is -2.27. The van der Waals surface area contributed by atoms with Crippen molar-refractivity contribution >= 4 is 23.2 Å². The lowest BCUT2D eigenvalue weighted by atomic mass is 9.95. The molecule has 1 unspecified atom stereocenters. The number of anilines is 1. The Morgan fingerprint density at radius 3 is 2.30 bits per heavy atom. The minimum Gasteiger partial charge on any atom is -0.493 e. The molecule has 6 nitrogen and oxygen atoms in total. The molecule has 3 aromatic carbocycles. The van der Waals surface area contributed by atoms with E-state index in [1.165, 1.54) is 0 Å². The number of nitrogens with zero attached hydrogens (tertiary/aromatic N) is 2. The number of benzene rings is 3. The number of hydrogen-bond donors (Lipinski definition) is 1. The zero-order valence-electron chi connectivity index (χ0n) is 18.4. The average molecular weight is 460 g/mol. The highest BCUT2D eigenvalue weighted by molar-refractivity contribution is 6.30. The van der Waals surface area contributed by atoms with Crippen LogP contribution in [0.4, 0.5) is 5.69 Å². The Kier molecular flexibility index (Phi) is 5.30. The van der Waals surface area contributed by atoms with Crippen LogP contribution in [0.25, 0.3) is 11.3 Å². The molecule has 1 amide bonds. The van der Waals surface area contributed by atoms with Crippen molar-refractivity contribution in [2.45, 2.75) is 13.0 Å². The maximum atomic E-state index is 13.6. The Morgan fingerprint density at radius 1 is 0.939 bits per heavy atom. The van der Waals surface area contributed by atoms with E-state index in [0.29, 0.717) is 27.9 Å². The van der Waals surface area contributed by atoms with Crippen molar-refractivity contribution in [2.75, 3.05) is 19.1 Å². The number of H-pyrrole nitrogens is 1. The Hall–Kier alpha value is -3.77. The molecular weight excluding hydrogens is 438 g/mol. The van der Waals surface area contributed by atoms with E-state index < -0.39 is 6.04 Å². The second-order valence-electron chi connectivity index (χ2n) is 7.90. The van der Waals surface area contributed by atoms with Gasteiger partial charge in [-0.3, -0.25) is 14.8 Å². The third-order valence-electron chi connectivity index (χ3n) is 5.92. The number of carbonyl (C=O) groups excluding carboxylic acids is 1. The number of nitrogens with one attached hydrogen (secondary N) is 1. The van der Waals surface area contributed by atoms with Gasteiger partial charge in [0.05, 0.1) is 26.0 Å². The molecule has 4 aromatic rings. The summed E-state index contributed by atoms with van der Waals surface area (Å²) in [5.41, 5.74) is 5.69. The molecule has 0 saturated heterocycles. The van der Waals surface area contributed by atoms with Crippen LogP contribution < -0.4 is 14.4 Å². The maximum Gasteiger partial charge on any atom is 0.277 e. The fourth-order valence-electron chi connectivity index (χ4n) is 4.28. The zero-order valence-corrected chi connectivity index (χ0v) is 19.2. The number of carbonyl (C=O) groups is 1. The molecule has 1 aromatic heterocycles. The molecule has 1 N–H and O–H groups in total. The molecule has 0 spiro atoms. The standard InChI is InChI=1S/C26H22ClN3O3/c1-15-4-11-19(12-5-15)30-25(17-8-13-20(32-2)21(14-17)33-3)22-23(28-29-24(22)26(30)31)16-6-9-18(27)10-7-16/h4-14,25H,1-3H3,(H,28,29). The second kappa shape index (κ2) is 8.30. The number of aromatic nitrogens is 2. The third kappa shape index (κ3) is 3.52. The van der Waals surface area contributed by atoms with Crippen LogP contribution in [-0.2, 0) is 0 Å². The number of amides is 1. The van der Waals surface area contributed by atoms with Crippen molar-refractivity contribution in [2.24, 2.45) is 0 Å². The summed E-state index contributed by atoms with van der Waals surface area (Å²) in [5.74, 6) is 1.08. The largest absolute Gasteiger partial charge is 0.493 e. The van der Waals surface area contributed by atoms with Gasteiger partial charge in [-0.2, -0.15) is 5.10 Å².